The first kappa shape index (κ1) is 24.9. The zero-order valence-corrected chi connectivity index (χ0v) is 22.7. The maximum atomic E-state index is 11.7. The van der Waals surface area contributed by atoms with Gasteiger partial charge < -0.3 is 18.7 Å². The summed E-state index contributed by atoms with van der Waals surface area (Å²) >= 11 is 0. The fourth-order valence-corrected chi connectivity index (χ4v) is 8.68. The van der Waals surface area contributed by atoms with Gasteiger partial charge in [0.1, 0.15) is 6.29 Å². The second-order valence-corrected chi connectivity index (χ2v) is 18.0. The van der Waals surface area contributed by atoms with Crippen molar-refractivity contribution in [2.24, 2.45) is 28.6 Å². The zero-order chi connectivity index (χ0) is 23.4. The number of hydrogen-bond acceptors (Lipinski definition) is 4. The fraction of sp³-hybridized carbons (Fsp3) is 0.926. The van der Waals surface area contributed by atoms with Gasteiger partial charge >= 0.3 is 0 Å². The molecule has 4 nitrogen and oxygen atoms in total. The molecular formula is C27H47O4Si. The Morgan fingerprint density at radius 3 is 2.31 bits per heavy atom. The van der Waals surface area contributed by atoms with Gasteiger partial charge in [0.05, 0.1) is 13.2 Å². The lowest BCUT2D eigenvalue weighted by Crippen LogP contribution is -2.52. The molecule has 0 amide bonds. The van der Waals surface area contributed by atoms with E-state index in [9.17, 15) is 4.79 Å². The van der Waals surface area contributed by atoms with E-state index in [1.165, 1.54) is 12.8 Å². The molecule has 32 heavy (non-hydrogen) atoms. The highest BCUT2D eigenvalue weighted by atomic mass is 28.4. The largest absolute Gasteiger partial charge is 0.414 e. The van der Waals surface area contributed by atoms with E-state index < -0.39 is 8.32 Å². The van der Waals surface area contributed by atoms with Crippen LogP contribution in [-0.4, -0.2) is 39.7 Å². The van der Waals surface area contributed by atoms with Gasteiger partial charge in [0.15, 0.2) is 14.1 Å². The molecule has 0 bridgehead atoms. The summed E-state index contributed by atoms with van der Waals surface area (Å²) in [6.45, 7) is 18.0. The highest BCUT2D eigenvalue weighted by molar-refractivity contribution is 6.74. The standard InChI is InChI=1S/C27H47O4Si/c1-24(2,3)32(6,7)31-23-10-12-25(4,21(19-23)11-15-28)20-8-13-26(5)22(18-20)9-14-27(26)29-16-17-30-27/h15,18,20-23H,8-14,16-17,19H2,1-7H3/t20-,21-,22-,23-,25-,26-/m0/s1. The highest BCUT2D eigenvalue weighted by Crippen LogP contribution is 2.64. The first-order chi connectivity index (χ1) is 14.9. The van der Waals surface area contributed by atoms with Crippen LogP contribution in [0.25, 0.3) is 0 Å². The Labute approximate surface area is 197 Å². The van der Waals surface area contributed by atoms with Crippen molar-refractivity contribution in [1.82, 2.24) is 0 Å². The minimum absolute atomic E-state index is 0.0964. The quantitative estimate of drug-likeness (QED) is 0.343. The van der Waals surface area contributed by atoms with Crippen LogP contribution >= 0.6 is 0 Å². The van der Waals surface area contributed by atoms with Gasteiger partial charge in [0, 0.05) is 24.4 Å². The molecule has 0 aromatic heterocycles. The molecule has 4 aliphatic rings. The van der Waals surface area contributed by atoms with E-state index >= 15 is 0 Å². The van der Waals surface area contributed by atoms with Gasteiger partial charge in [-0.2, -0.15) is 0 Å². The molecule has 0 N–H and O–H groups in total. The SMILES string of the molecule is CC(C)(C)[Si](C)(C)O[C@H]1CC[C@@](C)([C@@H]2[CH][C@@H]3CCC4(OCCO4)[C@@]3(C)CC2)[C@@H](CC=O)C1. The number of rotatable bonds is 5. The normalized spacial score (nSPS) is 42.2. The molecule has 0 unspecified atom stereocenters. The Morgan fingerprint density at radius 1 is 1.03 bits per heavy atom. The van der Waals surface area contributed by atoms with E-state index in [0.717, 1.165) is 51.6 Å². The van der Waals surface area contributed by atoms with Crippen molar-refractivity contribution < 1.29 is 18.7 Å². The summed E-state index contributed by atoms with van der Waals surface area (Å²) in [7, 11) is -1.80. The number of carbonyl (C=O) groups excluding carboxylic acids is 1. The molecule has 1 radical (unpaired) electrons. The summed E-state index contributed by atoms with van der Waals surface area (Å²) < 4.78 is 19.3. The fourth-order valence-electron chi connectivity index (χ4n) is 7.28. The molecule has 1 saturated heterocycles. The second-order valence-electron chi connectivity index (χ2n) is 13.2. The minimum atomic E-state index is -1.80. The van der Waals surface area contributed by atoms with Crippen molar-refractivity contribution in [3.05, 3.63) is 6.42 Å². The number of fused-ring (bicyclic) bond motifs is 2. The van der Waals surface area contributed by atoms with Crippen LogP contribution in [0.15, 0.2) is 0 Å². The second kappa shape index (κ2) is 8.46. The van der Waals surface area contributed by atoms with Crippen LogP contribution in [-0.2, 0) is 18.7 Å². The molecule has 1 heterocycles. The molecule has 0 aromatic carbocycles. The molecule has 6 atom stereocenters. The van der Waals surface area contributed by atoms with Gasteiger partial charge in [-0.3, -0.25) is 0 Å². The van der Waals surface area contributed by atoms with E-state index in [1.807, 2.05) is 0 Å². The maximum absolute atomic E-state index is 11.7. The smallest absolute Gasteiger partial charge is 0.192 e. The van der Waals surface area contributed by atoms with Gasteiger partial charge in [-0.05, 0) is 86.2 Å². The predicted molar refractivity (Wildman–Crippen MR) is 131 cm³/mol. The average molecular weight is 464 g/mol. The third kappa shape index (κ3) is 3.97. The summed E-state index contributed by atoms with van der Waals surface area (Å²) in [6, 6.07) is 0. The Bertz CT molecular complexity index is 694. The molecule has 1 spiro atoms. The molecule has 3 saturated carbocycles. The zero-order valence-electron chi connectivity index (χ0n) is 21.7. The first-order valence-corrected chi connectivity index (χ1v) is 16.0. The summed E-state index contributed by atoms with van der Waals surface area (Å²) in [4.78, 5) is 11.7. The topological polar surface area (TPSA) is 44.8 Å². The Morgan fingerprint density at radius 2 is 1.69 bits per heavy atom. The van der Waals surface area contributed by atoms with E-state index in [2.05, 4.69) is 54.1 Å². The number of aldehydes is 1. The van der Waals surface area contributed by atoms with E-state index in [-0.39, 0.29) is 21.7 Å². The van der Waals surface area contributed by atoms with Gasteiger partial charge in [-0.25, -0.2) is 0 Å². The third-order valence-electron chi connectivity index (χ3n) is 10.6. The average Bonchev–Trinajstić information content (AvgIpc) is 3.30. The molecule has 183 valence electrons. The summed E-state index contributed by atoms with van der Waals surface area (Å²) in [5.74, 6) is 1.17. The Balaban J connectivity index is 1.47. The lowest BCUT2D eigenvalue weighted by Gasteiger charge is -2.55. The molecule has 4 rings (SSSR count). The molecule has 4 fully saturated rings. The van der Waals surface area contributed by atoms with Crippen molar-refractivity contribution in [1.29, 1.82) is 0 Å². The van der Waals surface area contributed by atoms with Gasteiger partial charge in [0.2, 0.25) is 0 Å². The van der Waals surface area contributed by atoms with Crippen LogP contribution in [0.4, 0.5) is 0 Å². The lowest BCUT2D eigenvalue weighted by molar-refractivity contribution is -0.231. The first-order valence-electron chi connectivity index (χ1n) is 13.1. The summed E-state index contributed by atoms with van der Waals surface area (Å²) in [5.41, 5.74) is 0.280. The monoisotopic (exact) mass is 463 g/mol. The number of carbonyl (C=O) groups is 1. The maximum Gasteiger partial charge on any atom is 0.192 e. The van der Waals surface area contributed by atoms with E-state index in [0.29, 0.717) is 30.3 Å². The lowest BCUT2D eigenvalue weighted by atomic mass is 9.52. The molecule has 3 aliphatic carbocycles. The van der Waals surface area contributed by atoms with Crippen molar-refractivity contribution in [3.8, 4) is 0 Å². The molecule has 1 aliphatic heterocycles. The van der Waals surface area contributed by atoms with Crippen molar-refractivity contribution in [2.75, 3.05) is 13.2 Å². The highest BCUT2D eigenvalue weighted by Gasteiger charge is 2.63. The summed E-state index contributed by atoms with van der Waals surface area (Å²) in [5, 5.41) is 0.221. The van der Waals surface area contributed by atoms with Gasteiger partial charge in [-0.15, -0.1) is 0 Å². The van der Waals surface area contributed by atoms with Crippen LogP contribution in [0.5, 0.6) is 0 Å². The summed E-state index contributed by atoms with van der Waals surface area (Å²) in [6.07, 6.45) is 12.7. The van der Waals surface area contributed by atoms with Crippen LogP contribution < -0.4 is 0 Å². The van der Waals surface area contributed by atoms with Crippen molar-refractivity contribution in [3.63, 3.8) is 0 Å². The third-order valence-corrected chi connectivity index (χ3v) is 15.2. The molecule has 5 heteroatoms. The van der Waals surface area contributed by atoms with Crippen LogP contribution in [0.2, 0.25) is 18.1 Å². The molecule has 0 aromatic rings. The van der Waals surface area contributed by atoms with Crippen molar-refractivity contribution >= 4 is 14.6 Å². The van der Waals surface area contributed by atoms with Crippen molar-refractivity contribution in [2.45, 2.75) is 116 Å². The van der Waals surface area contributed by atoms with Gasteiger partial charge in [0.25, 0.3) is 0 Å². The predicted octanol–water partition coefficient (Wildman–Crippen LogP) is 6.55. The van der Waals surface area contributed by atoms with E-state index in [4.69, 9.17) is 13.9 Å². The molecular weight excluding hydrogens is 416 g/mol. The minimum Gasteiger partial charge on any atom is -0.414 e. The number of ether oxygens (including phenoxy) is 2. The number of hydrogen-bond donors (Lipinski definition) is 0. The van der Waals surface area contributed by atoms with Crippen LogP contribution in [0, 0.1) is 35.0 Å². The van der Waals surface area contributed by atoms with E-state index in [1.54, 1.807) is 0 Å². The Kier molecular flexibility index (Phi) is 6.58. The van der Waals surface area contributed by atoms with Crippen LogP contribution in [0.1, 0.15) is 86.0 Å². The van der Waals surface area contributed by atoms with Gasteiger partial charge in [-0.1, -0.05) is 34.6 Å². The Hall–Kier alpha value is -0.233. The van der Waals surface area contributed by atoms with Crippen LogP contribution in [0.3, 0.4) is 0 Å².